The van der Waals surface area contributed by atoms with Gasteiger partial charge in [-0.25, -0.2) is 0 Å². The van der Waals surface area contributed by atoms with E-state index in [-0.39, 0.29) is 15.6 Å². The van der Waals surface area contributed by atoms with Crippen LogP contribution >= 0.6 is 11.9 Å². The highest BCUT2D eigenvalue weighted by molar-refractivity contribution is 7.99. The van der Waals surface area contributed by atoms with Gasteiger partial charge in [0.2, 0.25) is 6.41 Å². The molecule has 1 aromatic carbocycles. The summed E-state index contributed by atoms with van der Waals surface area (Å²) < 4.78 is 8.24. The molecule has 2 aliphatic carbocycles. The fraction of sp³-hybridized carbons (Fsp3) is 0.650. The first-order valence-corrected chi connectivity index (χ1v) is 9.98. The third kappa shape index (κ3) is 2.73. The van der Waals surface area contributed by atoms with E-state index in [0.29, 0.717) is 12.5 Å². The molecule has 2 aliphatic rings. The lowest BCUT2D eigenvalue weighted by atomic mass is 9.61. The lowest BCUT2D eigenvalue weighted by Crippen LogP contribution is -2.52. The predicted octanol–water partition coefficient (Wildman–Crippen LogP) is 5.05. The monoisotopic (exact) mass is 376 g/mol. The molecule has 3 rings (SSSR count). The van der Waals surface area contributed by atoms with Crippen LogP contribution in [0.4, 0.5) is 5.69 Å². The standard InChI is InChI=1S/C20H28N2O3S/c1-18(2)15-9-10-19(3,13-15)20(18,26-21-24)11-12-22(14-23)16-5-7-17(25-4)8-6-16/h5-8,14-15H,9-13H2,1-4H3. The van der Waals surface area contributed by atoms with Gasteiger partial charge in [-0.3, -0.25) is 4.79 Å². The van der Waals surface area contributed by atoms with Crippen molar-refractivity contribution in [1.29, 1.82) is 0 Å². The topological polar surface area (TPSA) is 59.0 Å². The summed E-state index contributed by atoms with van der Waals surface area (Å²) in [6.07, 6.45) is 5.13. The Morgan fingerprint density at radius 1 is 1.31 bits per heavy atom. The number of benzene rings is 1. The number of hydrogen-bond acceptors (Lipinski definition) is 5. The Morgan fingerprint density at radius 2 is 2.00 bits per heavy atom. The van der Waals surface area contributed by atoms with Gasteiger partial charge in [-0.1, -0.05) is 20.8 Å². The molecule has 5 nitrogen and oxygen atoms in total. The molecule has 142 valence electrons. The summed E-state index contributed by atoms with van der Waals surface area (Å²) in [6.45, 7) is 7.43. The van der Waals surface area contributed by atoms with E-state index in [4.69, 9.17) is 4.74 Å². The van der Waals surface area contributed by atoms with Crippen molar-refractivity contribution in [2.24, 2.45) is 21.3 Å². The maximum absolute atomic E-state index is 11.7. The van der Waals surface area contributed by atoms with Crippen molar-refractivity contribution in [3.63, 3.8) is 0 Å². The average Bonchev–Trinajstić information content (AvgIpc) is 3.11. The third-order valence-electron chi connectivity index (χ3n) is 7.21. The lowest BCUT2D eigenvalue weighted by Gasteiger charge is -2.52. The molecule has 2 saturated carbocycles. The summed E-state index contributed by atoms with van der Waals surface area (Å²) in [5.74, 6) is 1.38. The Balaban J connectivity index is 1.84. The van der Waals surface area contributed by atoms with Gasteiger partial charge in [-0.15, -0.1) is 4.91 Å². The minimum Gasteiger partial charge on any atom is -0.497 e. The minimum absolute atomic E-state index is 0.0209. The van der Waals surface area contributed by atoms with E-state index in [1.165, 1.54) is 18.4 Å². The minimum atomic E-state index is -0.238. The number of carbonyl (C=O) groups excluding carboxylic acids is 1. The van der Waals surface area contributed by atoms with Crippen molar-refractivity contribution in [2.75, 3.05) is 18.6 Å². The van der Waals surface area contributed by atoms with E-state index in [1.54, 1.807) is 12.0 Å². The molecule has 6 heteroatoms. The molecule has 1 aromatic rings. The number of fused-ring (bicyclic) bond motifs is 2. The van der Waals surface area contributed by atoms with Crippen LogP contribution in [0.5, 0.6) is 5.75 Å². The van der Waals surface area contributed by atoms with Crippen LogP contribution in [0.3, 0.4) is 0 Å². The molecule has 26 heavy (non-hydrogen) atoms. The van der Waals surface area contributed by atoms with Crippen molar-refractivity contribution in [1.82, 2.24) is 0 Å². The van der Waals surface area contributed by atoms with E-state index >= 15 is 0 Å². The zero-order chi connectivity index (χ0) is 19.0. The van der Waals surface area contributed by atoms with Gasteiger partial charge in [0, 0.05) is 28.8 Å². The molecule has 2 bridgehead atoms. The van der Waals surface area contributed by atoms with Crippen molar-refractivity contribution in [3.05, 3.63) is 29.2 Å². The van der Waals surface area contributed by atoms with Crippen LogP contribution in [-0.4, -0.2) is 24.8 Å². The normalized spacial score (nSPS) is 31.6. The number of hydrogen-bond donors (Lipinski definition) is 0. The number of amides is 1. The second kappa shape index (κ2) is 6.87. The molecule has 2 fully saturated rings. The smallest absolute Gasteiger partial charge is 0.214 e. The van der Waals surface area contributed by atoms with E-state index in [1.807, 2.05) is 24.3 Å². The zero-order valence-corrected chi connectivity index (χ0v) is 16.8. The number of ether oxygens (including phenoxy) is 1. The van der Waals surface area contributed by atoms with E-state index in [9.17, 15) is 9.70 Å². The molecule has 0 N–H and O–H groups in total. The molecule has 3 unspecified atom stereocenters. The van der Waals surface area contributed by atoms with Gasteiger partial charge in [0.15, 0.2) is 0 Å². The Morgan fingerprint density at radius 3 is 2.50 bits per heavy atom. The second-order valence-electron chi connectivity index (χ2n) is 8.46. The molecule has 0 radical (unpaired) electrons. The van der Waals surface area contributed by atoms with Crippen LogP contribution in [0.25, 0.3) is 0 Å². The molecular weight excluding hydrogens is 348 g/mol. The number of rotatable bonds is 8. The molecule has 3 atom stereocenters. The SMILES string of the molecule is COc1ccc(N(C=O)CCC2(SN=O)C3(C)CCC(C3)C2(C)C)cc1. The highest BCUT2D eigenvalue weighted by atomic mass is 32.2. The Hall–Kier alpha value is -1.56. The van der Waals surface area contributed by atoms with Crippen LogP contribution in [0.2, 0.25) is 0 Å². The first-order chi connectivity index (χ1) is 12.3. The van der Waals surface area contributed by atoms with Crippen LogP contribution in [0.15, 0.2) is 28.8 Å². The van der Waals surface area contributed by atoms with Gasteiger partial charge in [0.25, 0.3) is 0 Å². The maximum Gasteiger partial charge on any atom is 0.214 e. The maximum atomic E-state index is 11.7. The Kier molecular flexibility index (Phi) is 5.08. The molecule has 0 aromatic heterocycles. The van der Waals surface area contributed by atoms with Gasteiger partial charge >= 0.3 is 0 Å². The predicted molar refractivity (Wildman–Crippen MR) is 106 cm³/mol. The van der Waals surface area contributed by atoms with Crippen LogP contribution < -0.4 is 9.64 Å². The Bertz CT molecular complexity index is 671. The van der Waals surface area contributed by atoms with Crippen LogP contribution in [-0.2, 0) is 4.79 Å². The van der Waals surface area contributed by atoms with Crippen molar-refractivity contribution in [2.45, 2.75) is 51.2 Å². The van der Waals surface area contributed by atoms with Crippen LogP contribution in [0.1, 0.15) is 46.5 Å². The largest absolute Gasteiger partial charge is 0.497 e. The van der Waals surface area contributed by atoms with E-state index in [0.717, 1.165) is 37.1 Å². The first kappa shape index (κ1) is 19.2. The summed E-state index contributed by atoms with van der Waals surface area (Å²) in [4.78, 5) is 24.8. The fourth-order valence-corrected chi connectivity index (χ4v) is 6.70. The van der Waals surface area contributed by atoms with E-state index in [2.05, 4.69) is 25.4 Å². The Labute approximate surface area is 160 Å². The van der Waals surface area contributed by atoms with Gasteiger partial charge in [0.05, 0.1) is 11.9 Å². The van der Waals surface area contributed by atoms with Gasteiger partial charge in [-0.2, -0.15) is 0 Å². The van der Waals surface area contributed by atoms with Gasteiger partial charge < -0.3 is 9.64 Å². The lowest BCUT2D eigenvalue weighted by molar-refractivity contribution is -0.107. The molecule has 1 amide bonds. The summed E-state index contributed by atoms with van der Waals surface area (Å²) in [5, 5.41) is 0. The number of anilines is 1. The van der Waals surface area contributed by atoms with Gasteiger partial charge in [0.1, 0.15) is 5.75 Å². The highest BCUT2D eigenvalue weighted by Gasteiger charge is 2.69. The summed E-state index contributed by atoms with van der Waals surface area (Å²) in [6, 6.07) is 7.48. The molecular formula is C20H28N2O3S. The van der Waals surface area contributed by atoms with Crippen LogP contribution in [0, 0.1) is 21.7 Å². The third-order valence-corrected chi connectivity index (χ3v) is 8.82. The first-order valence-electron chi connectivity index (χ1n) is 9.20. The van der Waals surface area contributed by atoms with Crippen molar-refractivity contribution in [3.8, 4) is 5.75 Å². The van der Waals surface area contributed by atoms with Gasteiger partial charge in [-0.05, 0) is 66.7 Å². The van der Waals surface area contributed by atoms with Crippen molar-refractivity contribution < 1.29 is 9.53 Å². The fourth-order valence-electron chi connectivity index (χ4n) is 5.59. The average molecular weight is 377 g/mol. The number of methoxy groups -OCH3 is 1. The molecule has 0 saturated heterocycles. The number of nitrogens with zero attached hydrogens (tertiary/aromatic N) is 2. The highest BCUT2D eigenvalue weighted by Crippen LogP contribution is 2.73. The number of carbonyl (C=O) groups is 1. The summed E-state index contributed by atoms with van der Waals surface area (Å²) >= 11 is 1.22. The number of nitroso groups, excluding NO2 is 1. The summed E-state index contributed by atoms with van der Waals surface area (Å²) in [7, 11) is 1.62. The van der Waals surface area contributed by atoms with Crippen molar-refractivity contribution >= 4 is 24.0 Å². The second-order valence-corrected chi connectivity index (χ2v) is 9.49. The van der Waals surface area contributed by atoms with E-state index < -0.39 is 0 Å². The molecule has 0 spiro atoms. The summed E-state index contributed by atoms with van der Waals surface area (Å²) in [5.41, 5.74) is 0.951. The molecule has 0 heterocycles. The molecule has 0 aliphatic heterocycles. The quantitative estimate of drug-likeness (QED) is 0.362. The zero-order valence-electron chi connectivity index (χ0n) is 16.0.